The normalized spacial score (nSPS) is 12.7. The number of Topliss-reactive ketones (excluding diaryl/α,β-unsaturated/α-hetero) is 1. The molecule has 1 aromatic carbocycles. The minimum Gasteiger partial charge on any atom is -0.358 e. The third kappa shape index (κ3) is 2.73. The Bertz CT molecular complexity index is 806. The Labute approximate surface area is 131 Å². The van der Waals surface area contributed by atoms with Gasteiger partial charge < -0.3 is 4.98 Å². The Morgan fingerprint density at radius 3 is 2.76 bits per heavy atom. The molecular formula is C15H15N3OS2. The smallest absolute Gasteiger partial charge is 0.178 e. The zero-order valence-corrected chi connectivity index (χ0v) is 13.6. The van der Waals surface area contributed by atoms with E-state index in [1.807, 2.05) is 45.0 Å². The number of thioether (sulfide) groups is 1. The zero-order valence-electron chi connectivity index (χ0n) is 12.0. The van der Waals surface area contributed by atoms with Crippen LogP contribution in [0.25, 0.3) is 10.9 Å². The van der Waals surface area contributed by atoms with Crippen LogP contribution in [0.4, 0.5) is 0 Å². The molecule has 0 bridgehead atoms. The molecule has 1 N–H and O–H groups in total. The van der Waals surface area contributed by atoms with E-state index in [9.17, 15) is 4.79 Å². The van der Waals surface area contributed by atoms with Crippen LogP contribution >= 0.6 is 23.1 Å². The molecule has 0 saturated carbocycles. The molecule has 6 heteroatoms. The third-order valence-corrected chi connectivity index (χ3v) is 5.32. The number of carbonyl (C=O) groups is 1. The number of hydrogen-bond acceptors (Lipinski definition) is 5. The lowest BCUT2D eigenvalue weighted by Crippen LogP contribution is -2.14. The topological polar surface area (TPSA) is 58.6 Å². The number of hydrogen-bond donors (Lipinski definition) is 1. The largest absolute Gasteiger partial charge is 0.358 e. The molecule has 0 aliphatic carbocycles. The van der Waals surface area contributed by atoms with Gasteiger partial charge in [-0.15, -0.1) is 10.2 Å². The number of nitrogens with one attached hydrogen (secondary N) is 1. The van der Waals surface area contributed by atoms with Crippen LogP contribution in [-0.4, -0.2) is 26.2 Å². The summed E-state index contributed by atoms with van der Waals surface area (Å²) in [5.74, 6) is 0.128. The number of H-pyrrole nitrogens is 1. The Morgan fingerprint density at radius 2 is 2.05 bits per heavy atom. The molecule has 0 spiro atoms. The molecule has 21 heavy (non-hydrogen) atoms. The van der Waals surface area contributed by atoms with Crippen molar-refractivity contribution >= 4 is 39.8 Å². The van der Waals surface area contributed by atoms with Gasteiger partial charge in [-0.1, -0.05) is 41.3 Å². The molecule has 108 valence electrons. The van der Waals surface area contributed by atoms with Crippen molar-refractivity contribution in [3.63, 3.8) is 0 Å². The highest BCUT2D eigenvalue weighted by atomic mass is 32.2. The molecule has 0 amide bonds. The van der Waals surface area contributed by atoms with Gasteiger partial charge in [0, 0.05) is 22.2 Å². The van der Waals surface area contributed by atoms with Gasteiger partial charge >= 0.3 is 0 Å². The highest BCUT2D eigenvalue weighted by Gasteiger charge is 2.23. The van der Waals surface area contributed by atoms with Crippen LogP contribution in [0.5, 0.6) is 0 Å². The molecule has 2 heterocycles. The summed E-state index contributed by atoms with van der Waals surface area (Å²) in [7, 11) is 0. The highest BCUT2D eigenvalue weighted by molar-refractivity contribution is 8.02. The summed E-state index contributed by atoms with van der Waals surface area (Å²) in [5.41, 5.74) is 2.70. The summed E-state index contributed by atoms with van der Waals surface area (Å²) in [4.78, 5) is 16.0. The fourth-order valence-corrected chi connectivity index (χ4v) is 4.35. The minimum atomic E-state index is -0.185. The molecule has 0 aliphatic heterocycles. The lowest BCUT2D eigenvalue weighted by molar-refractivity contribution is 0.0995. The van der Waals surface area contributed by atoms with Gasteiger partial charge in [-0.2, -0.15) is 0 Å². The summed E-state index contributed by atoms with van der Waals surface area (Å²) in [6.07, 6.45) is 0. The molecule has 0 saturated heterocycles. The molecule has 2 aromatic heterocycles. The number of benzene rings is 1. The number of ketones is 1. The van der Waals surface area contributed by atoms with Crippen LogP contribution < -0.4 is 0 Å². The van der Waals surface area contributed by atoms with Crippen LogP contribution in [0.2, 0.25) is 0 Å². The van der Waals surface area contributed by atoms with Crippen molar-refractivity contribution in [3.8, 4) is 0 Å². The molecule has 3 rings (SSSR count). The molecule has 0 radical (unpaired) electrons. The van der Waals surface area contributed by atoms with Crippen molar-refractivity contribution in [3.05, 3.63) is 40.5 Å². The summed E-state index contributed by atoms with van der Waals surface area (Å²) in [6.45, 7) is 5.78. The second-order valence-electron chi connectivity index (χ2n) is 4.88. The van der Waals surface area contributed by atoms with Crippen LogP contribution in [0, 0.1) is 13.8 Å². The van der Waals surface area contributed by atoms with Gasteiger partial charge in [-0.3, -0.25) is 4.79 Å². The van der Waals surface area contributed by atoms with E-state index in [0.717, 1.165) is 31.5 Å². The maximum atomic E-state index is 12.8. The number of fused-ring (bicyclic) bond motifs is 1. The molecular weight excluding hydrogens is 302 g/mol. The van der Waals surface area contributed by atoms with Crippen LogP contribution in [0.3, 0.4) is 0 Å². The number of aryl methyl sites for hydroxylation is 2. The van der Waals surface area contributed by atoms with E-state index in [1.54, 1.807) is 0 Å². The first-order valence-electron chi connectivity index (χ1n) is 6.64. The molecule has 1 atom stereocenters. The lowest BCUT2D eigenvalue weighted by Gasteiger charge is -2.08. The lowest BCUT2D eigenvalue weighted by atomic mass is 10.1. The summed E-state index contributed by atoms with van der Waals surface area (Å²) in [5, 5.41) is 9.78. The van der Waals surface area contributed by atoms with E-state index in [1.165, 1.54) is 23.1 Å². The van der Waals surface area contributed by atoms with Crippen molar-refractivity contribution in [2.75, 3.05) is 0 Å². The molecule has 0 fully saturated rings. The average Bonchev–Trinajstić information content (AvgIpc) is 3.00. The van der Waals surface area contributed by atoms with E-state index in [-0.39, 0.29) is 11.0 Å². The predicted molar refractivity (Wildman–Crippen MR) is 87.3 cm³/mol. The number of nitrogens with zero attached hydrogens (tertiary/aromatic N) is 2. The van der Waals surface area contributed by atoms with Crippen molar-refractivity contribution < 1.29 is 4.79 Å². The molecule has 4 nitrogen and oxygen atoms in total. The van der Waals surface area contributed by atoms with Crippen molar-refractivity contribution in [1.29, 1.82) is 0 Å². The highest BCUT2D eigenvalue weighted by Crippen LogP contribution is 2.31. The van der Waals surface area contributed by atoms with E-state index in [0.29, 0.717) is 0 Å². The Hall–Kier alpha value is -1.66. The number of carbonyl (C=O) groups excluding carboxylic acids is 1. The SMILES string of the molecule is Cc1nnc(S[C@H](C)C(=O)c2c(C)[nH]c3ccccc23)s1. The summed E-state index contributed by atoms with van der Waals surface area (Å²) < 4.78 is 0.839. The van der Waals surface area contributed by atoms with E-state index < -0.39 is 0 Å². The number of para-hydroxylation sites is 1. The maximum Gasteiger partial charge on any atom is 0.178 e. The second kappa shape index (κ2) is 5.61. The van der Waals surface area contributed by atoms with E-state index >= 15 is 0 Å². The van der Waals surface area contributed by atoms with Gasteiger partial charge in [-0.25, -0.2) is 0 Å². The predicted octanol–water partition coefficient (Wildman–Crippen LogP) is 4.00. The van der Waals surface area contributed by atoms with Crippen molar-refractivity contribution in [2.45, 2.75) is 30.4 Å². The Kier molecular flexibility index (Phi) is 3.82. The van der Waals surface area contributed by atoms with Gasteiger partial charge in [0.1, 0.15) is 5.01 Å². The molecule has 0 unspecified atom stereocenters. The van der Waals surface area contributed by atoms with Gasteiger partial charge in [-0.05, 0) is 26.8 Å². The quantitative estimate of drug-likeness (QED) is 0.583. The molecule has 3 aromatic rings. The fraction of sp³-hybridized carbons (Fsp3) is 0.267. The van der Waals surface area contributed by atoms with Crippen molar-refractivity contribution in [1.82, 2.24) is 15.2 Å². The minimum absolute atomic E-state index is 0.128. The first-order chi connectivity index (χ1) is 10.1. The Morgan fingerprint density at radius 1 is 1.29 bits per heavy atom. The average molecular weight is 317 g/mol. The second-order valence-corrected chi connectivity index (χ2v) is 7.65. The fourth-order valence-electron chi connectivity index (χ4n) is 2.33. The van der Waals surface area contributed by atoms with Gasteiger partial charge in [0.05, 0.1) is 5.25 Å². The van der Waals surface area contributed by atoms with Crippen LogP contribution in [-0.2, 0) is 0 Å². The third-order valence-electron chi connectivity index (χ3n) is 3.29. The first-order valence-corrected chi connectivity index (χ1v) is 8.34. The number of rotatable bonds is 4. The van der Waals surface area contributed by atoms with Crippen LogP contribution in [0.15, 0.2) is 28.6 Å². The monoisotopic (exact) mass is 317 g/mol. The zero-order chi connectivity index (χ0) is 15.0. The number of aromatic nitrogens is 3. The van der Waals surface area contributed by atoms with Crippen molar-refractivity contribution in [2.24, 2.45) is 0 Å². The van der Waals surface area contributed by atoms with Gasteiger partial charge in [0.15, 0.2) is 10.1 Å². The Balaban J connectivity index is 1.91. The first kappa shape index (κ1) is 14.3. The standard InChI is InChI=1S/C15H15N3OS2/c1-8-13(11-6-4-5-7-12(11)16-8)14(19)9(2)20-15-18-17-10(3)21-15/h4-7,9,16H,1-3H3/t9-/m1/s1. The van der Waals surface area contributed by atoms with E-state index in [4.69, 9.17) is 0 Å². The maximum absolute atomic E-state index is 12.8. The van der Waals surface area contributed by atoms with Gasteiger partial charge in [0.2, 0.25) is 0 Å². The summed E-state index contributed by atoms with van der Waals surface area (Å²) >= 11 is 2.99. The summed E-state index contributed by atoms with van der Waals surface area (Å²) in [6, 6.07) is 7.90. The molecule has 0 aliphatic rings. The van der Waals surface area contributed by atoms with Gasteiger partial charge in [0.25, 0.3) is 0 Å². The number of aromatic amines is 1. The van der Waals surface area contributed by atoms with E-state index in [2.05, 4.69) is 15.2 Å². The van der Waals surface area contributed by atoms with Crippen LogP contribution in [0.1, 0.15) is 28.0 Å².